The van der Waals surface area contributed by atoms with Crippen LogP contribution in [0.5, 0.6) is 5.75 Å². The number of anilines is 1. The van der Waals surface area contributed by atoms with Crippen molar-refractivity contribution in [3.05, 3.63) is 24.3 Å². The largest absolute Gasteiger partial charge is 0.573 e. The topological polar surface area (TPSA) is 69.2 Å². The van der Waals surface area contributed by atoms with Crippen LogP contribution in [0.4, 0.5) is 23.4 Å². The molecule has 0 amide bonds. The molecule has 0 radical (unpaired) electrons. The number of halogens is 4. The van der Waals surface area contributed by atoms with Crippen LogP contribution in [-0.2, 0) is 5.54 Å². The number of ether oxygens (including phenoxy) is 1. The van der Waals surface area contributed by atoms with Gasteiger partial charge in [-0.1, -0.05) is 0 Å². The van der Waals surface area contributed by atoms with Gasteiger partial charge in [0.1, 0.15) is 12.5 Å². The Balaban J connectivity index is 1.36. The number of imidazole rings is 1. The van der Waals surface area contributed by atoms with E-state index in [0.29, 0.717) is 41.6 Å². The zero-order valence-corrected chi connectivity index (χ0v) is 15.4. The highest BCUT2D eigenvalue weighted by Crippen LogP contribution is 2.83. The molecule has 2 aromatic rings. The third kappa shape index (κ3) is 2.38. The minimum atomic E-state index is -4.85. The second-order valence-corrected chi connectivity index (χ2v) is 8.43. The van der Waals surface area contributed by atoms with Crippen molar-refractivity contribution in [3.8, 4) is 17.0 Å². The van der Waals surface area contributed by atoms with Gasteiger partial charge in [-0.2, -0.15) is 0 Å². The van der Waals surface area contributed by atoms with Crippen molar-refractivity contribution < 1.29 is 22.3 Å². The van der Waals surface area contributed by atoms with Crippen molar-refractivity contribution in [1.29, 1.82) is 0 Å². The maximum Gasteiger partial charge on any atom is 0.573 e. The molecule has 5 aliphatic rings. The lowest BCUT2D eigenvalue weighted by molar-refractivity contribution is -0.274. The predicted molar refractivity (Wildman–Crippen MR) is 94.8 cm³/mol. The Kier molecular flexibility index (Phi) is 3.26. The van der Waals surface area contributed by atoms with Gasteiger partial charge in [0.2, 0.25) is 0 Å². The molecule has 2 aromatic heterocycles. The number of nitrogen functional groups attached to an aromatic ring is 1. The molecule has 1 unspecified atom stereocenters. The van der Waals surface area contributed by atoms with Crippen LogP contribution >= 0.6 is 0 Å². The van der Waals surface area contributed by atoms with Crippen LogP contribution in [0.3, 0.4) is 0 Å². The van der Waals surface area contributed by atoms with Gasteiger partial charge in [-0.25, -0.2) is 14.4 Å². The molecule has 6 nitrogen and oxygen atoms in total. The fraction of sp³-hybridized carbons (Fsp3) is 0.579. The summed E-state index contributed by atoms with van der Waals surface area (Å²) in [5.41, 5.74) is 6.55. The molecule has 154 valence electrons. The van der Waals surface area contributed by atoms with E-state index in [2.05, 4.69) is 19.2 Å². The van der Waals surface area contributed by atoms with Gasteiger partial charge in [-0.3, -0.25) is 4.90 Å². The molecule has 2 N–H and O–H groups in total. The summed E-state index contributed by atoms with van der Waals surface area (Å²) in [4.78, 5) is 10.8. The third-order valence-corrected chi connectivity index (χ3v) is 6.85. The zero-order chi connectivity index (χ0) is 20.1. The van der Waals surface area contributed by atoms with E-state index >= 15 is 0 Å². The summed E-state index contributed by atoms with van der Waals surface area (Å²) in [6.45, 7) is 1.01. The summed E-state index contributed by atoms with van der Waals surface area (Å²) in [6.07, 6.45) is 0.609. The van der Waals surface area contributed by atoms with Gasteiger partial charge in [0.25, 0.3) is 0 Å². The lowest BCUT2D eigenvalue weighted by atomic mass is 10.2. The number of piperidine rings is 1. The van der Waals surface area contributed by atoms with Crippen LogP contribution in [0.2, 0.25) is 0 Å². The second kappa shape index (κ2) is 5.41. The maximum absolute atomic E-state index is 12.8. The first kappa shape index (κ1) is 17.5. The van der Waals surface area contributed by atoms with E-state index in [4.69, 9.17) is 10.7 Å². The van der Waals surface area contributed by atoms with Gasteiger partial charge in [-0.15, -0.1) is 13.2 Å². The average molecular weight is 409 g/mol. The summed E-state index contributed by atoms with van der Waals surface area (Å²) in [6, 6.07) is 1.59. The quantitative estimate of drug-likeness (QED) is 0.743. The Bertz CT molecular complexity index is 997. The Hall–Kier alpha value is -2.36. The van der Waals surface area contributed by atoms with E-state index in [9.17, 15) is 17.6 Å². The van der Waals surface area contributed by atoms with Gasteiger partial charge in [-0.05, 0) is 18.9 Å². The van der Waals surface area contributed by atoms with Gasteiger partial charge >= 0.3 is 6.36 Å². The van der Waals surface area contributed by atoms with Gasteiger partial charge in [0.15, 0.2) is 11.6 Å². The van der Waals surface area contributed by atoms with Crippen molar-refractivity contribution in [3.63, 3.8) is 0 Å². The molecule has 2 bridgehead atoms. The van der Waals surface area contributed by atoms with Gasteiger partial charge in [0.05, 0.1) is 11.2 Å². The Morgan fingerprint density at radius 3 is 2.76 bits per heavy atom. The van der Waals surface area contributed by atoms with Crippen LogP contribution in [0.15, 0.2) is 18.5 Å². The minimum Gasteiger partial charge on any atom is -0.402 e. The molecular weight excluding hydrogens is 390 g/mol. The van der Waals surface area contributed by atoms with Crippen LogP contribution in [0, 0.1) is 11.8 Å². The van der Waals surface area contributed by atoms with Crippen LogP contribution in [-0.4, -0.2) is 51.6 Å². The number of pyridine rings is 1. The molecule has 2 saturated heterocycles. The fourth-order valence-electron chi connectivity index (χ4n) is 5.46. The summed E-state index contributed by atoms with van der Waals surface area (Å²) < 4.78 is 57.0. The first-order valence-electron chi connectivity index (χ1n) is 9.76. The van der Waals surface area contributed by atoms with Crippen molar-refractivity contribution in [2.24, 2.45) is 11.8 Å². The Morgan fingerprint density at radius 2 is 2.10 bits per heavy atom. The molecule has 5 fully saturated rings. The van der Waals surface area contributed by atoms with Crippen molar-refractivity contribution in [2.45, 2.75) is 36.7 Å². The SMILES string of the molecule is Nc1ncc(-c2cn([C@@]34C5[C@H]3[C@H]4CN5CCF)c(C3CC3)n2)cc1OC(F)(F)F. The molecule has 0 spiro atoms. The number of fused-ring (bicyclic) bond motifs is 1. The molecule has 0 aromatic carbocycles. The second-order valence-electron chi connectivity index (χ2n) is 8.43. The highest BCUT2D eigenvalue weighted by Gasteiger charge is 2.93. The van der Waals surface area contributed by atoms with Crippen LogP contribution < -0.4 is 10.5 Å². The molecular formula is C19H19F4N5O. The third-order valence-electron chi connectivity index (χ3n) is 6.85. The van der Waals surface area contributed by atoms with Gasteiger partial charge < -0.3 is 15.0 Å². The molecule has 29 heavy (non-hydrogen) atoms. The van der Waals surface area contributed by atoms with Gasteiger partial charge in [0, 0.05) is 54.8 Å². The molecule has 3 aliphatic carbocycles. The van der Waals surface area contributed by atoms with Crippen molar-refractivity contribution in [2.75, 3.05) is 25.5 Å². The predicted octanol–water partition coefficient (Wildman–Crippen LogP) is 2.91. The lowest BCUT2D eigenvalue weighted by Gasteiger charge is -2.16. The smallest absolute Gasteiger partial charge is 0.402 e. The summed E-state index contributed by atoms with van der Waals surface area (Å²) >= 11 is 0. The molecule has 3 saturated carbocycles. The number of hydrogen-bond donors (Lipinski definition) is 1. The van der Waals surface area contributed by atoms with E-state index in [1.165, 1.54) is 12.3 Å². The lowest BCUT2D eigenvalue weighted by Crippen LogP contribution is -2.27. The van der Waals surface area contributed by atoms with E-state index in [1.54, 1.807) is 0 Å². The first-order chi connectivity index (χ1) is 13.8. The molecule has 4 atom stereocenters. The normalized spacial score (nSPS) is 32.3. The highest BCUT2D eigenvalue weighted by molar-refractivity contribution is 5.64. The number of hydrogen-bond acceptors (Lipinski definition) is 5. The van der Waals surface area contributed by atoms with Crippen LogP contribution in [0.25, 0.3) is 11.3 Å². The average Bonchev–Trinajstić information content (AvgIpc) is 3.59. The van der Waals surface area contributed by atoms with Crippen molar-refractivity contribution >= 4 is 5.82 Å². The van der Waals surface area contributed by atoms with E-state index in [0.717, 1.165) is 25.2 Å². The van der Waals surface area contributed by atoms with E-state index < -0.39 is 12.1 Å². The van der Waals surface area contributed by atoms with Crippen LogP contribution in [0.1, 0.15) is 24.6 Å². The fourth-order valence-corrected chi connectivity index (χ4v) is 5.46. The van der Waals surface area contributed by atoms with E-state index in [-0.39, 0.29) is 18.0 Å². The number of nitrogens with zero attached hydrogens (tertiary/aromatic N) is 4. The molecule has 4 heterocycles. The minimum absolute atomic E-state index is 0.00484. The number of nitrogens with two attached hydrogens (primary N) is 1. The molecule has 10 heteroatoms. The number of aromatic nitrogens is 3. The highest BCUT2D eigenvalue weighted by atomic mass is 19.4. The monoisotopic (exact) mass is 409 g/mol. The number of rotatable bonds is 6. The first-order valence-corrected chi connectivity index (χ1v) is 9.76. The maximum atomic E-state index is 12.8. The molecule has 2 aliphatic heterocycles. The number of alkyl halides is 4. The van der Waals surface area contributed by atoms with E-state index in [1.807, 2.05) is 6.20 Å². The standard InChI is InChI=1S/C19H19F4N5O/c20-3-4-27-7-11-14-15(27)18(11,14)28-8-12(26-17(28)9-1-2-9)10-5-13(16(24)25-6-10)29-19(21,22)23/h5-6,8-9,11,14-15H,1-4,7H2,(H2,24,25)/t11-,14-,15?,18-/m1/s1. The summed E-state index contributed by atoms with van der Waals surface area (Å²) in [5, 5.41) is 0. The Morgan fingerprint density at radius 1 is 1.31 bits per heavy atom. The Labute approximate surface area is 163 Å². The molecule has 7 rings (SSSR count). The summed E-state index contributed by atoms with van der Waals surface area (Å²) in [7, 11) is 0. The zero-order valence-electron chi connectivity index (χ0n) is 15.4. The summed E-state index contributed by atoms with van der Waals surface area (Å²) in [5.74, 6) is 1.57. The van der Waals surface area contributed by atoms with Crippen molar-refractivity contribution in [1.82, 2.24) is 19.4 Å².